The molecule has 0 aliphatic carbocycles. The zero-order valence-corrected chi connectivity index (χ0v) is 9.73. The van der Waals surface area contributed by atoms with E-state index in [0.29, 0.717) is 11.3 Å². The number of nitrogens with one attached hydrogen (secondary N) is 2. The molecule has 1 heterocycles. The molecular formula is C11H9FN2O2S. The Morgan fingerprint density at radius 1 is 1.41 bits per heavy atom. The highest BCUT2D eigenvalue weighted by Gasteiger charge is 2.19. The lowest BCUT2D eigenvalue weighted by molar-refractivity contribution is -0.115. The summed E-state index contributed by atoms with van der Waals surface area (Å²) in [5.74, 6) is -0.652. The summed E-state index contributed by atoms with van der Waals surface area (Å²) in [5, 5.41) is 5.34. The molecule has 0 saturated carbocycles. The number of halogens is 1. The maximum absolute atomic E-state index is 13.4. The second-order valence-corrected chi connectivity index (χ2v) is 3.77. The fourth-order valence-corrected chi connectivity index (χ4v) is 1.62. The summed E-state index contributed by atoms with van der Waals surface area (Å²) in [6.45, 7) is 0. The molecular weight excluding hydrogens is 243 g/mol. The first-order valence-electron chi connectivity index (χ1n) is 4.77. The highest BCUT2D eigenvalue weighted by atomic mass is 32.1. The maximum Gasteiger partial charge on any atom is 0.273 e. The lowest BCUT2D eigenvalue weighted by Crippen LogP contribution is -2.21. The van der Waals surface area contributed by atoms with Gasteiger partial charge < -0.3 is 10.1 Å². The molecule has 4 nitrogen and oxygen atoms in total. The summed E-state index contributed by atoms with van der Waals surface area (Å²) in [7, 11) is 1.39. The van der Waals surface area contributed by atoms with Gasteiger partial charge in [0.25, 0.3) is 5.91 Å². The van der Waals surface area contributed by atoms with Crippen LogP contribution in [0.2, 0.25) is 0 Å². The van der Waals surface area contributed by atoms with Crippen LogP contribution in [0.15, 0.2) is 23.9 Å². The molecule has 88 valence electrons. The summed E-state index contributed by atoms with van der Waals surface area (Å²) in [4.78, 5) is 11.3. The molecule has 6 heteroatoms. The van der Waals surface area contributed by atoms with E-state index < -0.39 is 5.82 Å². The molecule has 0 atom stereocenters. The maximum atomic E-state index is 13.4. The van der Waals surface area contributed by atoms with Gasteiger partial charge in [-0.25, -0.2) is 4.39 Å². The van der Waals surface area contributed by atoms with Crippen molar-refractivity contribution in [2.24, 2.45) is 0 Å². The van der Waals surface area contributed by atoms with Crippen molar-refractivity contribution in [1.29, 1.82) is 0 Å². The number of ether oxygens (including phenoxy) is 1. The molecule has 0 spiro atoms. The average Bonchev–Trinajstić information content (AvgIpc) is 2.58. The van der Waals surface area contributed by atoms with Gasteiger partial charge in [0.05, 0.1) is 7.11 Å². The minimum absolute atomic E-state index is 0.159. The second-order valence-electron chi connectivity index (χ2n) is 3.36. The van der Waals surface area contributed by atoms with Crippen LogP contribution in [0.1, 0.15) is 5.56 Å². The first-order chi connectivity index (χ1) is 8.10. The molecule has 0 aromatic heterocycles. The number of methoxy groups -OCH3 is 1. The summed E-state index contributed by atoms with van der Waals surface area (Å²) < 4.78 is 18.2. The number of hydrogen-bond acceptors (Lipinski definition) is 3. The van der Waals surface area contributed by atoms with E-state index in [1.165, 1.54) is 25.3 Å². The third-order valence-corrected chi connectivity index (χ3v) is 2.41. The molecule has 1 amide bonds. The van der Waals surface area contributed by atoms with Crippen LogP contribution >= 0.6 is 12.2 Å². The SMILES string of the molecule is COc1ccc(/C=C2\NC(=S)NC2=O)cc1F. The Kier molecular flexibility index (Phi) is 3.06. The van der Waals surface area contributed by atoms with Gasteiger partial charge in [0.1, 0.15) is 5.70 Å². The smallest absolute Gasteiger partial charge is 0.273 e. The van der Waals surface area contributed by atoms with Crippen LogP contribution in [-0.2, 0) is 4.79 Å². The second kappa shape index (κ2) is 4.50. The van der Waals surface area contributed by atoms with Crippen LogP contribution in [-0.4, -0.2) is 18.1 Å². The van der Waals surface area contributed by atoms with Gasteiger partial charge in [0.15, 0.2) is 16.7 Å². The molecule has 2 rings (SSSR count). The van der Waals surface area contributed by atoms with Crippen LogP contribution in [0.5, 0.6) is 5.75 Å². The molecule has 1 saturated heterocycles. The van der Waals surface area contributed by atoms with Crippen molar-refractivity contribution in [1.82, 2.24) is 10.6 Å². The van der Waals surface area contributed by atoms with Crippen molar-refractivity contribution in [3.8, 4) is 5.75 Å². The Morgan fingerprint density at radius 3 is 2.71 bits per heavy atom. The highest BCUT2D eigenvalue weighted by Crippen LogP contribution is 2.19. The van der Waals surface area contributed by atoms with E-state index in [4.69, 9.17) is 17.0 Å². The number of thiocarbonyl (C=S) groups is 1. The predicted molar refractivity (Wildman–Crippen MR) is 64.8 cm³/mol. The van der Waals surface area contributed by atoms with Gasteiger partial charge >= 0.3 is 0 Å². The third-order valence-electron chi connectivity index (χ3n) is 2.21. The third kappa shape index (κ3) is 2.42. The van der Waals surface area contributed by atoms with Gasteiger partial charge in [-0.15, -0.1) is 0 Å². The number of rotatable bonds is 2. The van der Waals surface area contributed by atoms with Gasteiger partial charge in [-0.3, -0.25) is 10.1 Å². The number of carbonyl (C=O) groups is 1. The summed E-state index contributed by atoms with van der Waals surface area (Å²) in [6.07, 6.45) is 1.51. The monoisotopic (exact) mass is 252 g/mol. The zero-order chi connectivity index (χ0) is 12.4. The van der Waals surface area contributed by atoms with E-state index in [2.05, 4.69) is 10.6 Å². The minimum Gasteiger partial charge on any atom is -0.494 e. The summed E-state index contributed by atoms with van der Waals surface area (Å²) >= 11 is 4.78. The molecule has 0 unspecified atom stereocenters. The molecule has 17 heavy (non-hydrogen) atoms. The summed E-state index contributed by atoms with van der Waals surface area (Å²) in [6, 6.07) is 4.42. The topological polar surface area (TPSA) is 50.4 Å². The molecule has 1 aromatic carbocycles. The van der Waals surface area contributed by atoms with Crippen molar-refractivity contribution in [2.45, 2.75) is 0 Å². The van der Waals surface area contributed by atoms with Crippen LogP contribution < -0.4 is 15.4 Å². The Balaban J connectivity index is 2.30. The predicted octanol–water partition coefficient (Wildman–Crippen LogP) is 1.18. The van der Waals surface area contributed by atoms with Gasteiger partial charge in [0.2, 0.25) is 0 Å². The zero-order valence-electron chi connectivity index (χ0n) is 8.91. The van der Waals surface area contributed by atoms with Crippen LogP contribution in [0.25, 0.3) is 6.08 Å². The quantitative estimate of drug-likeness (QED) is 0.613. The van der Waals surface area contributed by atoms with E-state index in [1.54, 1.807) is 6.07 Å². The standard InChI is InChI=1S/C11H9FN2O2S/c1-16-9-3-2-6(4-7(9)12)5-8-10(15)14-11(17)13-8/h2-5H,1H3,(H2,13,14,15,17)/b8-5-. The first-order valence-corrected chi connectivity index (χ1v) is 5.18. The minimum atomic E-state index is -0.483. The Hall–Kier alpha value is -1.95. The van der Waals surface area contributed by atoms with Gasteiger partial charge in [0, 0.05) is 0 Å². The van der Waals surface area contributed by atoms with Crippen molar-refractivity contribution >= 4 is 29.3 Å². The largest absolute Gasteiger partial charge is 0.494 e. The fourth-order valence-electron chi connectivity index (χ4n) is 1.42. The first kappa shape index (κ1) is 11.5. The van der Waals surface area contributed by atoms with E-state index in [9.17, 15) is 9.18 Å². The van der Waals surface area contributed by atoms with Gasteiger partial charge in [-0.05, 0) is 36.0 Å². The molecule has 2 N–H and O–H groups in total. The van der Waals surface area contributed by atoms with Crippen molar-refractivity contribution in [3.05, 3.63) is 35.3 Å². The van der Waals surface area contributed by atoms with Crippen LogP contribution in [0, 0.1) is 5.82 Å². The Labute approximate surface area is 102 Å². The van der Waals surface area contributed by atoms with Gasteiger partial charge in [-0.1, -0.05) is 6.07 Å². The Bertz CT molecular complexity index is 528. The van der Waals surface area contributed by atoms with E-state index >= 15 is 0 Å². The van der Waals surface area contributed by atoms with E-state index in [1.807, 2.05) is 0 Å². The van der Waals surface area contributed by atoms with E-state index in [0.717, 1.165) is 0 Å². The van der Waals surface area contributed by atoms with E-state index in [-0.39, 0.29) is 16.8 Å². The lowest BCUT2D eigenvalue weighted by Gasteiger charge is -2.02. The average molecular weight is 252 g/mol. The normalized spacial score (nSPS) is 16.9. The van der Waals surface area contributed by atoms with Crippen molar-refractivity contribution in [2.75, 3.05) is 7.11 Å². The molecule has 1 fully saturated rings. The highest BCUT2D eigenvalue weighted by molar-refractivity contribution is 7.80. The number of hydrogen-bond donors (Lipinski definition) is 2. The fraction of sp³-hybridized carbons (Fsp3) is 0.0909. The number of benzene rings is 1. The van der Waals surface area contributed by atoms with Crippen molar-refractivity contribution in [3.63, 3.8) is 0 Å². The molecule has 0 bridgehead atoms. The molecule has 0 radical (unpaired) electrons. The molecule has 1 aromatic rings. The number of carbonyl (C=O) groups excluding carboxylic acids is 1. The Morgan fingerprint density at radius 2 is 2.18 bits per heavy atom. The number of amides is 1. The van der Waals surface area contributed by atoms with Gasteiger partial charge in [-0.2, -0.15) is 0 Å². The van der Waals surface area contributed by atoms with Crippen LogP contribution in [0.3, 0.4) is 0 Å². The molecule has 1 aliphatic rings. The lowest BCUT2D eigenvalue weighted by atomic mass is 10.1. The van der Waals surface area contributed by atoms with Crippen LogP contribution in [0.4, 0.5) is 4.39 Å². The summed E-state index contributed by atoms with van der Waals surface area (Å²) in [5.41, 5.74) is 0.838. The van der Waals surface area contributed by atoms with Crippen molar-refractivity contribution < 1.29 is 13.9 Å². The molecule has 1 aliphatic heterocycles.